The van der Waals surface area contributed by atoms with E-state index in [1.807, 2.05) is 32.3 Å². The zero-order valence-corrected chi connectivity index (χ0v) is 8.73. The van der Waals surface area contributed by atoms with E-state index in [9.17, 15) is 0 Å². The number of para-hydroxylation sites is 1. The second kappa shape index (κ2) is 4.47. The molecule has 0 aliphatic rings. The van der Waals surface area contributed by atoms with Crippen LogP contribution in [0.3, 0.4) is 0 Å². The minimum absolute atomic E-state index is 0. The molecule has 10 heavy (non-hydrogen) atoms. The van der Waals surface area contributed by atoms with E-state index in [-0.39, 0.29) is 19.8 Å². The van der Waals surface area contributed by atoms with Gasteiger partial charge in [0.15, 0.2) is 0 Å². The normalized spacial score (nSPS) is 8.20. The van der Waals surface area contributed by atoms with Crippen molar-refractivity contribution in [3.05, 3.63) is 30.3 Å². The summed E-state index contributed by atoms with van der Waals surface area (Å²) in [7, 11) is 4.07. The third kappa shape index (κ3) is 2.50. The molecule has 0 atom stereocenters. The van der Waals surface area contributed by atoms with E-state index in [0.29, 0.717) is 0 Å². The molecular weight excluding hydrogens is 300 g/mol. The molecule has 0 aliphatic carbocycles. The maximum absolute atomic E-state index is 2.08. The number of benzene rings is 1. The van der Waals surface area contributed by atoms with Gasteiger partial charge in [0.25, 0.3) is 0 Å². The predicted octanol–water partition coefficient (Wildman–Crippen LogP) is 1.75. The molecule has 1 aromatic carbocycles. The molecule has 0 heterocycles. The molecular formula is C8H11NOs. The summed E-state index contributed by atoms with van der Waals surface area (Å²) in [5.74, 6) is 0. The van der Waals surface area contributed by atoms with Crippen molar-refractivity contribution in [1.29, 1.82) is 0 Å². The van der Waals surface area contributed by atoms with E-state index in [4.69, 9.17) is 0 Å². The maximum atomic E-state index is 2.08. The Labute approximate surface area is 75.1 Å². The van der Waals surface area contributed by atoms with Crippen molar-refractivity contribution in [2.75, 3.05) is 19.0 Å². The minimum Gasteiger partial charge on any atom is -0.378 e. The van der Waals surface area contributed by atoms with Gasteiger partial charge in [-0.25, -0.2) is 0 Å². The van der Waals surface area contributed by atoms with Crippen molar-refractivity contribution in [2.24, 2.45) is 0 Å². The molecule has 0 saturated carbocycles. The van der Waals surface area contributed by atoms with E-state index in [1.54, 1.807) is 0 Å². The van der Waals surface area contributed by atoms with Gasteiger partial charge in [-0.3, -0.25) is 0 Å². The fourth-order valence-corrected chi connectivity index (χ4v) is 0.726. The van der Waals surface area contributed by atoms with Crippen LogP contribution in [-0.2, 0) is 19.8 Å². The van der Waals surface area contributed by atoms with Crippen LogP contribution in [0.15, 0.2) is 30.3 Å². The molecule has 0 bridgehead atoms. The van der Waals surface area contributed by atoms with Crippen LogP contribution in [0, 0.1) is 0 Å². The second-order valence-electron chi connectivity index (χ2n) is 2.23. The van der Waals surface area contributed by atoms with E-state index in [1.165, 1.54) is 5.69 Å². The molecule has 1 aromatic rings. The standard InChI is InChI=1S/C8H11N.Os/c1-9(2)8-6-4-3-5-7-8;/h3-7H,1-2H3;. The molecule has 0 spiro atoms. The summed E-state index contributed by atoms with van der Waals surface area (Å²) in [5.41, 5.74) is 1.25. The zero-order chi connectivity index (χ0) is 6.69. The SMILES string of the molecule is CN(C)c1ccccc1.[Os]. The molecule has 0 fully saturated rings. The van der Waals surface area contributed by atoms with Gasteiger partial charge in [0.05, 0.1) is 0 Å². The molecule has 0 saturated heterocycles. The topological polar surface area (TPSA) is 3.24 Å². The summed E-state index contributed by atoms with van der Waals surface area (Å²) in [6.07, 6.45) is 0. The van der Waals surface area contributed by atoms with Gasteiger partial charge in [-0.05, 0) is 12.1 Å². The molecule has 0 amide bonds. The zero-order valence-electron chi connectivity index (χ0n) is 6.19. The second-order valence-corrected chi connectivity index (χ2v) is 2.23. The Morgan fingerprint density at radius 3 is 1.80 bits per heavy atom. The van der Waals surface area contributed by atoms with E-state index < -0.39 is 0 Å². The monoisotopic (exact) mass is 313 g/mol. The Kier molecular flexibility index (Phi) is 4.31. The van der Waals surface area contributed by atoms with Gasteiger partial charge < -0.3 is 4.90 Å². The number of nitrogens with zero attached hydrogens (tertiary/aromatic N) is 1. The number of hydrogen-bond acceptors (Lipinski definition) is 1. The van der Waals surface area contributed by atoms with Crippen molar-refractivity contribution in [3.8, 4) is 0 Å². The molecule has 0 N–H and O–H groups in total. The largest absolute Gasteiger partial charge is 0.378 e. The van der Waals surface area contributed by atoms with Gasteiger partial charge in [0, 0.05) is 39.6 Å². The van der Waals surface area contributed by atoms with Crippen molar-refractivity contribution in [1.82, 2.24) is 0 Å². The van der Waals surface area contributed by atoms with Gasteiger partial charge in [0.2, 0.25) is 0 Å². The summed E-state index contributed by atoms with van der Waals surface area (Å²) in [4.78, 5) is 2.08. The first kappa shape index (κ1) is 9.66. The van der Waals surface area contributed by atoms with Crippen LogP contribution >= 0.6 is 0 Å². The van der Waals surface area contributed by atoms with Crippen LogP contribution in [0.2, 0.25) is 0 Å². The quantitative estimate of drug-likeness (QED) is 0.764. The molecule has 56 valence electrons. The first-order chi connectivity index (χ1) is 4.30. The number of hydrogen-bond donors (Lipinski definition) is 0. The molecule has 1 rings (SSSR count). The van der Waals surface area contributed by atoms with E-state index >= 15 is 0 Å². The Balaban J connectivity index is 0.000000810. The Bertz CT molecular complexity index is 172. The number of anilines is 1. The van der Waals surface area contributed by atoms with Crippen LogP contribution in [0.4, 0.5) is 5.69 Å². The Morgan fingerprint density at radius 1 is 1.00 bits per heavy atom. The van der Waals surface area contributed by atoms with Crippen molar-refractivity contribution >= 4 is 5.69 Å². The third-order valence-corrected chi connectivity index (χ3v) is 1.27. The number of rotatable bonds is 1. The average molecular weight is 311 g/mol. The molecule has 0 aromatic heterocycles. The van der Waals surface area contributed by atoms with Gasteiger partial charge >= 0.3 is 0 Å². The summed E-state index contributed by atoms with van der Waals surface area (Å²) in [5, 5.41) is 0. The van der Waals surface area contributed by atoms with Crippen molar-refractivity contribution < 1.29 is 19.8 Å². The van der Waals surface area contributed by atoms with Gasteiger partial charge in [-0.2, -0.15) is 0 Å². The Hall–Kier alpha value is -0.344. The van der Waals surface area contributed by atoms with Crippen LogP contribution in [0.5, 0.6) is 0 Å². The summed E-state index contributed by atoms with van der Waals surface area (Å²) < 4.78 is 0. The molecule has 0 radical (unpaired) electrons. The van der Waals surface area contributed by atoms with Gasteiger partial charge in [-0.15, -0.1) is 0 Å². The third-order valence-electron chi connectivity index (χ3n) is 1.27. The fraction of sp³-hybridized carbons (Fsp3) is 0.250. The molecule has 0 aliphatic heterocycles. The van der Waals surface area contributed by atoms with E-state index in [2.05, 4.69) is 17.0 Å². The average Bonchev–Trinajstić information content (AvgIpc) is 1.90. The smallest absolute Gasteiger partial charge is 0.0360 e. The first-order valence-corrected chi connectivity index (χ1v) is 3.03. The van der Waals surface area contributed by atoms with Crippen molar-refractivity contribution in [2.45, 2.75) is 0 Å². The predicted molar refractivity (Wildman–Crippen MR) is 40.8 cm³/mol. The molecule has 2 heteroatoms. The molecule has 0 unspecified atom stereocenters. The summed E-state index contributed by atoms with van der Waals surface area (Å²) >= 11 is 0. The van der Waals surface area contributed by atoms with Gasteiger partial charge in [-0.1, -0.05) is 18.2 Å². The van der Waals surface area contributed by atoms with Crippen LogP contribution in [0.1, 0.15) is 0 Å². The fourth-order valence-electron chi connectivity index (χ4n) is 0.726. The Morgan fingerprint density at radius 2 is 1.50 bits per heavy atom. The van der Waals surface area contributed by atoms with Crippen LogP contribution < -0.4 is 4.90 Å². The van der Waals surface area contributed by atoms with Crippen molar-refractivity contribution in [3.63, 3.8) is 0 Å². The first-order valence-electron chi connectivity index (χ1n) is 3.03. The van der Waals surface area contributed by atoms with Crippen LogP contribution in [0.25, 0.3) is 0 Å². The van der Waals surface area contributed by atoms with Gasteiger partial charge in [0.1, 0.15) is 0 Å². The van der Waals surface area contributed by atoms with E-state index in [0.717, 1.165) is 0 Å². The summed E-state index contributed by atoms with van der Waals surface area (Å²) in [6.45, 7) is 0. The minimum atomic E-state index is 0. The van der Waals surface area contributed by atoms with Crippen LogP contribution in [-0.4, -0.2) is 14.1 Å². The summed E-state index contributed by atoms with van der Waals surface area (Å²) in [6, 6.07) is 10.3. The maximum Gasteiger partial charge on any atom is 0.0360 e. The molecule has 1 nitrogen and oxygen atoms in total.